The standard InChI is InChI=1S/C5H9O7P/c6-1-5(7)2-10-4-3(5)11-13(8,9)12-4/h3-4,6-7H,1-2H2,(H,8,9)/t3-,4+,5+/m0/s1. The van der Waals surface area contributed by atoms with Gasteiger partial charge in [0.1, 0.15) is 5.60 Å². The summed E-state index contributed by atoms with van der Waals surface area (Å²) in [5.41, 5.74) is -1.65. The van der Waals surface area contributed by atoms with Crippen molar-refractivity contribution in [3.05, 3.63) is 0 Å². The van der Waals surface area contributed by atoms with Gasteiger partial charge in [-0.05, 0) is 0 Å². The second kappa shape index (κ2) is 2.74. The van der Waals surface area contributed by atoms with E-state index in [0.717, 1.165) is 0 Å². The topological polar surface area (TPSA) is 105 Å². The van der Waals surface area contributed by atoms with Crippen molar-refractivity contribution in [2.45, 2.75) is 18.0 Å². The second-order valence-corrected chi connectivity index (χ2v) is 4.40. The summed E-state index contributed by atoms with van der Waals surface area (Å²) >= 11 is 0. The molecule has 0 aromatic rings. The molecule has 2 rings (SSSR count). The summed E-state index contributed by atoms with van der Waals surface area (Å²) in [5.74, 6) is 0. The normalized spacial score (nSPS) is 55.3. The average Bonchev–Trinajstić information content (AvgIpc) is 2.49. The Morgan fingerprint density at radius 2 is 2.23 bits per heavy atom. The van der Waals surface area contributed by atoms with Crippen LogP contribution in [0.5, 0.6) is 0 Å². The van der Waals surface area contributed by atoms with E-state index in [2.05, 4.69) is 9.05 Å². The van der Waals surface area contributed by atoms with Crippen LogP contribution in [0.1, 0.15) is 0 Å². The first-order valence-electron chi connectivity index (χ1n) is 3.61. The van der Waals surface area contributed by atoms with Crippen LogP contribution in [0.3, 0.4) is 0 Å². The number of fused-ring (bicyclic) bond motifs is 1. The lowest BCUT2D eigenvalue weighted by Crippen LogP contribution is -2.46. The Balaban J connectivity index is 2.21. The largest absolute Gasteiger partial charge is 0.475 e. The smallest absolute Gasteiger partial charge is 0.393 e. The SMILES string of the molecule is O=P1(O)O[C@H]2OC[C@](O)(CO)[C@H]2O1. The van der Waals surface area contributed by atoms with Crippen LogP contribution in [0.2, 0.25) is 0 Å². The Kier molecular flexibility index (Phi) is 2.01. The number of phosphoric acid groups is 1. The van der Waals surface area contributed by atoms with Gasteiger partial charge >= 0.3 is 7.82 Å². The summed E-state index contributed by atoms with van der Waals surface area (Å²) in [6, 6.07) is 0. The molecule has 0 amide bonds. The zero-order valence-corrected chi connectivity index (χ0v) is 7.39. The lowest BCUT2D eigenvalue weighted by molar-refractivity contribution is -0.0689. The minimum absolute atomic E-state index is 0.182. The molecule has 2 saturated heterocycles. The van der Waals surface area contributed by atoms with Crippen LogP contribution in [0.25, 0.3) is 0 Å². The third-order valence-electron chi connectivity index (χ3n) is 2.03. The molecule has 2 aliphatic heterocycles. The summed E-state index contributed by atoms with van der Waals surface area (Å²) < 4.78 is 24.7. The van der Waals surface area contributed by atoms with Crippen molar-refractivity contribution in [3.8, 4) is 0 Å². The minimum Gasteiger partial charge on any atom is -0.393 e. The Bertz CT molecular complexity index is 268. The van der Waals surface area contributed by atoms with Gasteiger partial charge in [-0.25, -0.2) is 4.57 Å². The number of phosphoric ester groups is 1. The molecule has 76 valence electrons. The van der Waals surface area contributed by atoms with Crippen LogP contribution in [0.4, 0.5) is 0 Å². The van der Waals surface area contributed by atoms with E-state index in [4.69, 9.17) is 14.7 Å². The molecule has 4 atom stereocenters. The third-order valence-corrected chi connectivity index (χ3v) is 3.00. The second-order valence-electron chi connectivity index (χ2n) is 3.04. The fraction of sp³-hybridized carbons (Fsp3) is 1.00. The summed E-state index contributed by atoms with van der Waals surface area (Å²) in [7, 11) is -4.11. The van der Waals surface area contributed by atoms with E-state index < -0.39 is 32.4 Å². The highest BCUT2D eigenvalue weighted by Crippen LogP contribution is 2.56. The molecular formula is C5H9O7P. The maximum atomic E-state index is 10.9. The fourth-order valence-electron chi connectivity index (χ4n) is 1.32. The molecule has 1 unspecified atom stereocenters. The van der Waals surface area contributed by atoms with E-state index in [9.17, 15) is 9.67 Å². The lowest BCUT2D eigenvalue weighted by Gasteiger charge is -2.22. The Labute approximate surface area is 73.5 Å². The highest BCUT2D eigenvalue weighted by molar-refractivity contribution is 7.47. The maximum Gasteiger partial charge on any atom is 0.475 e. The van der Waals surface area contributed by atoms with Gasteiger partial charge in [-0.15, -0.1) is 0 Å². The Morgan fingerprint density at radius 1 is 1.54 bits per heavy atom. The predicted octanol–water partition coefficient (Wildman–Crippen LogP) is -1.42. The number of aliphatic hydroxyl groups is 2. The number of hydrogen-bond donors (Lipinski definition) is 3. The van der Waals surface area contributed by atoms with Crippen LogP contribution < -0.4 is 0 Å². The first-order valence-corrected chi connectivity index (χ1v) is 5.11. The zero-order valence-electron chi connectivity index (χ0n) is 6.49. The maximum absolute atomic E-state index is 10.9. The molecular weight excluding hydrogens is 203 g/mol. The van der Waals surface area contributed by atoms with Gasteiger partial charge < -0.3 is 19.8 Å². The monoisotopic (exact) mass is 212 g/mol. The van der Waals surface area contributed by atoms with Gasteiger partial charge in [0.05, 0.1) is 13.2 Å². The van der Waals surface area contributed by atoms with Crippen LogP contribution in [0, 0.1) is 0 Å². The van der Waals surface area contributed by atoms with Crippen molar-refractivity contribution >= 4 is 7.82 Å². The molecule has 0 bridgehead atoms. The molecule has 0 aliphatic carbocycles. The third kappa shape index (κ3) is 1.42. The van der Waals surface area contributed by atoms with E-state index >= 15 is 0 Å². The van der Waals surface area contributed by atoms with Gasteiger partial charge in [0.25, 0.3) is 0 Å². The van der Waals surface area contributed by atoms with Crippen molar-refractivity contribution < 1.29 is 33.5 Å². The van der Waals surface area contributed by atoms with Crippen molar-refractivity contribution in [2.75, 3.05) is 13.2 Å². The minimum atomic E-state index is -4.11. The molecule has 7 nitrogen and oxygen atoms in total. The van der Waals surface area contributed by atoms with Gasteiger partial charge in [-0.2, -0.15) is 0 Å². The number of ether oxygens (including phenoxy) is 1. The molecule has 2 heterocycles. The Morgan fingerprint density at radius 3 is 2.85 bits per heavy atom. The summed E-state index contributed by atoms with van der Waals surface area (Å²) in [6.07, 6.45) is -2.18. The number of hydrogen-bond acceptors (Lipinski definition) is 6. The summed E-state index contributed by atoms with van der Waals surface area (Å²) in [5, 5.41) is 18.4. The van der Waals surface area contributed by atoms with Crippen molar-refractivity contribution in [3.63, 3.8) is 0 Å². The molecule has 2 aliphatic rings. The van der Waals surface area contributed by atoms with Gasteiger partial charge in [-0.3, -0.25) is 9.05 Å². The average molecular weight is 212 g/mol. The van der Waals surface area contributed by atoms with Crippen molar-refractivity contribution in [2.24, 2.45) is 0 Å². The summed E-state index contributed by atoms with van der Waals surface area (Å²) in [6.45, 7) is -0.795. The molecule has 8 heteroatoms. The molecule has 0 spiro atoms. The van der Waals surface area contributed by atoms with E-state index in [-0.39, 0.29) is 6.61 Å². The quantitative estimate of drug-likeness (QED) is 0.458. The lowest BCUT2D eigenvalue weighted by atomic mass is 10.0. The molecule has 13 heavy (non-hydrogen) atoms. The fourth-order valence-corrected chi connectivity index (χ4v) is 2.38. The van der Waals surface area contributed by atoms with Crippen molar-refractivity contribution in [1.82, 2.24) is 0 Å². The Hall–Kier alpha value is -0.0100. The molecule has 0 radical (unpaired) electrons. The highest BCUT2D eigenvalue weighted by Gasteiger charge is 2.59. The first kappa shape index (κ1) is 9.54. The van der Waals surface area contributed by atoms with Crippen LogP contribution in [0.15, 0.2) is 0 Å². The van der Waals surface area contributed by atoms with Crippen molar-refractivity contribution in [1.29, 1.82) is 0 Å². The molecule has 0 aromatic heterocycles. The van der Waals surface area contributed by atoms with Crippen LogP contribution in [-0.4, -0.2) is 46.3 Å². The van der Waals surface area contributed by atoms with E-state index in [0.29, 0.717) is 0 Å². The van der Waals surface area contributed by atoms with Crippen LogP contribution in [-0.2, 0) is 18.3 Å². The van der Waals surface area contributed by atoms with Gasteiger partial charge in [0, 0.05) is 0 Å². The highest BCUT2D eigenvalue weighted by atomic mass is 31.2. The van der Waals surface area contributed by atoms with E-state index in [1.165, 1.54) is 0 Å². The molecule has 3 N–H and O–H groups in total. The zero-order chi connectivity index (χ0) is 9.69. The first-order chi connectivity index (χ1) is 5.97. The van der Waals surface area contributed by atoms with Crippen LogP contribution >= 0.6 is 7.82 Å². The number of rotatable bonds is 1. The molecule has 0 saturated carbocycles. The molecule has 0 aromatic carbocycles. The van der Waals surface area contributed by atoms with Gasteiger partial charge in [0.15, 0.2) is 12.4 Å². The van der Waals surface area contributed by atoms with E-state index in [1.54, 1.807) is 0 Å². The van der Waals surface area contributed by atoms with Gasteiger partial charge in [0.2, 0.25) is 0 Å². The van der Waals surface area contributed by atoms with Gasteiger partial charge in [-0.1, -0.05) is 0 Å². The summed E-state index contributed by atoms with van der Waals surface area (Å²) in [4.78, 5) is 8.87. The molecule has 2 fully saturated rings. The number of aliphatic hydroxyl groups excluding tert-OH is 1. The predicted molar refractivity (Wildman–Crippen MR) is 37.6 cm³/mol. The van der Waals surface area contributed by atoms with E-state index in [1.807, 2.05) is 0 Å².